The lowest BCUT2D eigenvalue weighted by Gasteiger charge is -2.27. The minimum atomic E-state index is -0.333. The van der Waals surface area contributed by atoms with Crippen molar-refractivity contribution >= 4 is 23.1 Å². The Morgan fingerprint density at radius 1 is 1.20 bits per heavy atom. The number of nitrogens with zero attached hydrogens (tertiary/aromatic N) is 1. The van der Waals surface area contributed by atoms with Gasteiger partial charge >= 0.3 is 0 Å². The van der Waals surface area contributed by atoms with Gasteiger partial charge in [-0.15, -0.1) is 0 Å². The summed E-state index contributed by atoms with van der Waals surface area (Å²) in [7, 11) is 0. The Morgan fingerprint density at radius 3 is 2.25 bits per heavy atom. The third-order valence-corrected chi connectivity index (χ3v) is 3.27. The van der Waals surface area contributed by atoms with Crippen LogP contribution in [-0.2, 0) is 4.79 Å². The minimum Gasteiger partial charge on any atom is -0.393 e. The van der Waals surface area contributed by atoms with Gasteiger partial charge in [-0.1, -0.05) is 56.4 Å². The highest BCUT2D eigenvalue weighted by molar-refractivity contribution is 7.80. The number of carbonyl (C=O) groups excluding carboxylic acids is 1. The second-order valence-corrected chi connectivity index (χ2v) is 5.89. The highest BCUT2D eigenvalue weighted by Crippen LogP contribution is 2.18. The van der Waals surface area contributed by atoms with E-state index in [1.165, 1.54) is 0 Å². The van der Waals surface area contributed by atoms with Crippen molar-refractivity contribution in [3.05, 3.63) is 35.9 Å². The van der Waals surface area contributed by atoms with Crippen LogP contribution < -0.4 is 11.5 Å². The van der Waals surface area contributed by atoms with Gasteiger partial charge in [0.2, 0.25) is 5.91 Å². The second-order valence-electron chi connectivity index (χ2n) is 5.42. The SMILES string of the molecule is CC(C)CN(CC(N)=O)CC(C(N)=S)c1ccccc1. The van der Waals surface area contributed by atoms with Crippen molar-refractivity contribution in [2.45, 2.75) is 19.8 Å². The van der Waals surface area contributed by atoms with E-state index in [0.29, 0.717) is 17.5 Å². The number of hydrogen-bond acceptors (Lipinski definition) is 3. The first-order chi connectivity index (χ1) is 9.40. The van der Waals surface area contributed by atoms with Gasteiger partial charge in [0.1, 0.15) is 0 Å². The summed E-state index contributed by atoms with van der Waals surface area (Å²) in [5.41, 5.74) is 12.2. The van der Waals surface area contributed by atoms with Crippen LogP contribution in [-0.4, -0.2) is 35.4 Å². The standard InChI is InChI=1S/C15H23N3OS/c1-11(2)8-18(10-14(16)19)9-13(15(17)20)12-6-4-3-5-7-12/h3-7,11,13H,8-10H2,1-2H3,(H2,16,19)(H2,17,20). The molecular formula is C15H23N3OS. The molecule has 1 rings (SSSR count). The van der Waals surface area contributed by atoms with Gasteiger partial charge in [-0.2, -0.15) is 0 Å². The first kappa shape index (κ1) is 16.6. The van der Waals surface area contributed by atoms with Crippen molar-refractivity contribution in [1.82, 2.24) is 4.90 Å². The van der Waals surface area contributed by atoms with E-state index in [4.69, 9.17) is 23.7 Å². The van der Waals surface area contributed by atoms with Gasteiger partial charge in [-0.05, 0) is 11.5 Å². The Morgan fingerprint density at radius 2 is 1.80 bits per heavy atom. The molecule has 4 N–H and O–H groups in total. The summed E-state index contributed by atoms with van der Waals surface area (Å²) in [4.78, 5) is 13.7. The molecular weight excluding hydrogens is 270 g/mol. The maximum atomic E-state index is 11.2. The van der Waals surface area contributed by atoms with E-state index < -0.39 is 0 Å². The second kappa shape index (κ2) is 7.97. The number of primary amides is 1. The highest BCUT2D eigenvalue weighted by atomic mass is 32.1. The van der Waals surface area contributed by atoms with Crippen molar-refractivity contribution < 1.29 is 4.79 Å². The quantitative estimate of drug-likeness (QED) is 0.713. The average Bonchev–Trinajstić information content (AvgIpc) is 2.35. The monoisotopic (exact) mass is 293 g/mol. The molecule has 0 saturated carbocycles. The number of rotatable bonds is 8. The molecule has 20 heavy (non-hydrogen) atoms. The zero-order valence-corrected chi connectivity index (χ0v) is 12.9. The molecule has 0 saturated heterocycles. The van der Waals surface area contributed by atoms with Crippen LogP contribution in [0, 0.1) is 5.92 Å². The fourth-order valence-corrected chi connectivity index (χ4v) is 2.45. The van der Waals surface area contributed by atoms with Crippen molar-refractivity contribution in [3.8, 4) is 0 Å². The summed E-state index contributed by atoms with van der Waals surface area (Å²) in [6.45, 7) is 5.83. The summed E-state index contributed by atoms with van der Waals surface area (Å²) in [6.07, 6.45) is 0. The molecule has 110 valence electrons. The van der Waals surface area contributed by atoms with Crippen LogP contribution in [0.2, 0.25) is 0 Å². The van der Waals surface area contributed by atoms with Gasteiger partial charge in [0.05, 0.1) is 11.5 Å². The molecule has 1 unspecified atom stereocenters. The largest absolute Gasteiger partial charge is 0.393 e. The van der Waals surface area contributed by atoms with Crippen LogP contribution in [0.3, 0.4) is 0 Å². The van der Waals surface area contributed by atoms with Crippen LogP contribution in [0.25, 0.3) is 0 Å². The lowest BCUT2D eigenvalue weighted by atomic mass is 9.98. The van der Waals surface area contributed by atoms with Crippen LogP contribution in [0.1, 0.15) is 25.3 Å². The highest BCUT2D eigenvalue weighted by Gasteiger charge is 2.20. The van der Waals surface area contributed by atoms with E-state index in [2.05, 4.69) is 13.8 Å². The van der Waals surface area contributed by atoms with Crippen LogP contribution in [0.15, 0.2) is 30.3 Å². The van der Waals surface area contributed by atoms with Gasteiger partial charge in [0.15, 0.2) is 0 Å². The fraction of sp³-hybridized carbons (Fsp3) is 0.467. The summed E-state index contributed by atoms with van der Waals surface area (Å²) in [5.74, 6) is 0.0434. The molecule has 0 spiro atoms. The summed E-state index contributed by atoms with van der Waals surface area (Å²) < 4.78 is 0. The van der Waals surface area contributed by atoms with Crippen molar-refractivity contribution in [1.29, 1.82) is 0 Å². The lowest BCUT2D eigenvalue weighted by Crippen LogP contribution is -2.41. The minimum absolute atomic E-state index is 0.0655. The third-order valence-electron chi connectivity index (χ3n) is 2.99. The molecule has 0 aliphatic carbocycles. The number of hydrogen-bond donors (Lipinski definition) is 2. The molecule has 0 aliphatic heterocycles. The van der Waals surface area contributed by atoms with Crippen molar-refractivity contribution in [3.63, 3.8) is 0 Å². The lowest BCUT2D eigenvalue weighted by molar-refractivity contribution is -0.119. The van der Waals surface area contributed by atoms with E-state index in [-0.39, 0.29) is 18.4 Å². The van der Waals surface area contributed by atoms with Gasteiger partial charge in [-0.3, -0.25) is 9.69 Å². The molecule has 5 heteroatoms. The van der Waals surface area contributed by atoms with E-state index in [0.717, 1.165) is 12.1 Å². The molecule has 0 heterocycles. The predicted octanol–water partition coefficient (Wildman–Crippen LogP) is 1.50. The number of nitrogens with two attached hydrogens (primary N) is 2. The molecule has 0 aliphatic rings. The maximum absolute atomic E-state index is 11.2. The fourth-order valence-electron chi connectivity index (χ4n) is 2.24. The molecule has 0 aromatic heterocycles. The first-order valence-corrected chi connectivity index (χ1v) is 7.16. The van der Waals surface area contributed by atoms with Crippen molar-refractivity contribution in [2.24, 2.45) is 17.4 Å². The van der Waals surface area contributed by atoms with Crippen molar-refractivity contribution in [2.75, 3.05) is 19.6 Å². The van der Waals surface area contributed by atoms with Gasteiger partial charge in [0.25, 0.3) is 0 Å². The van der Waals surface area contributed by atoms with Crippen LogP contribution in [0.4, 0.5) is 0 Å². The number of amides is 1. The smallest absolute Gasteiger partial charge is 0.231 e. The Kier molecular flexibility index (Phi) is 6.61. The Balaban J connectivity index is 2.85. The molecule has 0 radical (unpaired) electrons. The molecule has 0 bridgehead atoms. The molecule has 1 atom stereocenters. The van der Waals surface area contributed by atoms with E-state index in [1.807, 2.05) is 35.2 Å². The zero-order valence-electron chi connectivity index (χ0n) is 12.1. The van der Waals surface area contributed by atoms with E-state index >= 15 is 0 Å². The van der Waals surface area contributed by atoms with Crippen LogP contribution >= 0.6 is 12.2 Å². The Labute approximate surface area is 126 Å². The summed E-state index contributed by atoms with van der Waals surface area (Å²) in [5, 5.41) is 0. The van der Waals surface area contributed by atoms with Gasteiger partial charge in [0, 0.05) is 19.0 Å². The average molecular weight is 293 g/mol. The van der Waals surface area contributed by atoms with Gasteiger partial charge in [-0.25, -0.2) is 0 Å². The third kappa shape index (κ3) is 5.67. The molecule has 0 fully saturated rings. The van der Waals surface area contributed by atoms with Crippen LogP contribution in [0.5, 0.6) is 0 Å². The zero-order chi connectivity index (χ0) is 15.1. The van der Waals surface area contributed by atoms with E-state index in [1.54, 1.807) is 0 Å². The molecule has 1 aromatic carbocycles. The topological polar surface area (TPSA) is 72.3 Å². The first-order valence-electron chi connectivity index (χ1n) is 6.75. The number of carbonyl (C=O) groups is 1. The predicted molar refractivity (Wildman–Crippen MR) is 86.4 cm³/mol. The Hall–Kier alpha value is -1.46. The molecule has 4 nitrogen and oxygen atoms in total. The maximum Gasteiger partial charge on any atom is 0.231 e. The van der Waals surface area contributed by atoms with Gasteiger partial charge < -0.3 is 11.5 Å². The Bertz CT molecular complexity index is 448. The molecule has 1 aromatic rings. The molecule has 1 amide bonds. The number of benzene rings is 1. The van der Waals surface area contributed by atoms with E-state index in [9.17, 15) is 4.79 Å². The summed E-state index contributed by atoms with van der Waals surface area (Å²) >= 11 is 5.18. The summed E-state index contributed by atoms with van der Waals surface area (Å²) in [6, 6.07) is 9.88. The number of thiocarbonyl (C=S) groups is 1. The normalized spacial score (nSPS) is 12.6.